The summed E-state index contributed by atoms with van der Waals surface area (Å²) in [6.45, 7) is 4.49. The van der Waals surface area contributed by atoms with Crippen LogP contribution in [0.2, 0.25) is 0 Å². The Morgan fingerprint density at radius 3 is 3.00 bits per heavy atom. The number of hydrogen-bond donors (Lipinski definition) is 2. The number of piperidine rings is 1. The lowest BCUT2D eigenvalue weighted by Gasteiger charge is -2.29. The van der Waals surface area contributed by atoms with E-state index in [9.17, 15) is 0 Å². The standard InChI is InChI=1S/C12H17Br2N3/c1-8(9-3-2-4-15-6-9)17-12-11(14)5-10(13)7-16-12/h5,7-9,15H,2-4,6H2,1H3,(H,16,17). The van der Waals surface area contributed by atoms with Gasteiger partial charge in [-0.05, 0) is 76.7 Å². The summed E-state index contributed by atoms with van der Waals surface area (Å²) in [4.78, 5) is 4.39. The molecule has 2 atom stereocenters. The van der Waals surface area contributed by atoms with Gasteiger partial charge in [-0.1, -0.05) is 0 Å². The van der Waals surface area contributed by atoms with Crippen molar-refractivity contribution < 1.29 is 0 Å². The van der Waals surface area contributed by atoms with Crippen LogP contribution in [-0.2, 0) is 0 Å². The molecule has 1 aromatic heterocycles. The van der Waals surface area contributed by atoms with Gasteiger partial charge in [-0.15, -0.1) is 0 Å². The predicted molar refractivity (Wildman–Crippen MR) is 78.3 cm³/mol. The van der Waals surface area contributed by atoms with Gasteiger partial charge in [0.15, 0.2) is 0 Å². The first-order valence-corrected chi connectivity index (χ1v) is 7.53. The summed E-state index contributed by atoms with van der Waals surface area (Å²) in [5, 5.41) is 6.93. The molecule has 2 unspecified atom stereocenters. The lowest BCUT2D eigenvalue weighted by molar-refractivity contribution is 0.346. The van der Waals surface area contributed by atoms with Crippen molar-refractivity contribution in [3.63, 3.8) is 0 Å². The Balaban J connectivity index is 1.99. The molecule has 1 aliphatic rings. The Morgan fingerprint density at radius 2 is 2.35 bits per heavy atom. The highest BCUT2D eigenvalue weighted by atomic mass is 79.9. The van der Waals surface area contributed by atoms with Crippen molar-refractivity contribution in [1.29, 1.82) is 0 Å². The second-order valence-corrected chi connectivity index (χ2v) is 6.29. The molecule has 0 aliphatic carbocycles. The van der Waals surface area contributed by atoms with E-state index in [0.29, 0.717) is 12.0 Å². The molecule has 2 heterocycles. The summed E-state index contributed by atoms with van der Waals surface area (Å²) in [7, 11) is 0. The molecular weight excluding hydrogens is 346 g/mol. The van der Waals surface area contributed by atoms with Crippen LogP contribution in [0.3, 0.4) is 0 Å². The van der Waals surface area contributed by atoms with Crippen LogP contribution in [0.4, 0.5) is 5.82 Å². The third kappa shape index (κ3) is 3.66. The van der Waals surface area contributed by atoms with E-state index in [1.54, 1.807) is 0 Å². The number of halogens is 2. The molecule has 0 spiro atoms. The monoisotopic (exact) mass is 361 g/mol. The van der Waals surface area contributed by atoms with Crippen LogP contribution in [-0.4, -0.2) is 24.1 Å². The molecular formula is C12H17Br2N3. The van der Waals surface area contributed by atoms with Crippen molar-refractivity contribution in [3.05, 3.63) is 21.2 Å². The van der Waals surface area contributed by atoms with Crippen molar-refractivity contribution in [2.45, 2.75) is 25.8 Å². The van der Waals surface area contributed by atoms with E-state index in [2.05, 4.69) is 54.4 Å². The van der Waals surface area contributed by atoms with Gasteiger partial charge in [0, 0.05) is 16.7 Å². The minimum Gasteiger partial charge on any atom is -0.366 e. The first-order valence-electron chi connectivity index (χ1n) is 5.95. The number of rotatable bonds is 3. The third-order valence-corrected chi connectivity index (χ3v) is 4.25. The molecule has 1 aliphatic heterocycles. The van der Waals surface area contributed by atoms with Crippen LogP contribution >= 0.6 is 31.9 Å². The zero-order valence-corrected chi connectivity index (χ0v) is 13.0. The summed E-state index contributed by atoms with van der Waals surface area (Å²) in [5.41, 5.74) is 0. The topological polar surface area (TPSA) is 37.0 Å². The molecule has 0 radical (unpaired) electrons. The molecule has 0 saturated carbocycles. The van der Waals surface area contributed by atoms with Crippen LogP contribution in [0.25, 0.3) is 0 Å². The quantitative estimate of drug-likeness (QED) is 0.865. The van der Waals surface area contributed by atoms with Crippen molar-refractivity contribution in [2.75, 3.05) is 18.4 Å². The Bertz CT molecular complexity index is 378. The molecule has 94 valence electrons. The Morgan fingerprint density at radius 1 is 1.53 bits per heavy atom. The highest BCUT2D eigenvalue weighted by molar-refractivity contribution is 9.11. The predicted octanol–water partition coefficient (Wildman–Crippen LogP) is 3.41. The number of nitrogens with one attached hydrogen (secondary N) is 2. The fourth-order valence-corrected chi connectivity index (χ4v) is 3.26. The van der Waals surface area contributed by atoms with Gasteiger partial charge in [0.2, 0.25) is 0 Å². The van der Waals surface area contributed by atoms with E-state index in [-0.39, 0.29) is 0 Å². The summed E-state index contributed by atoms with van der Waals surface area (Å²) in [6.07, 6.45) is 4.37. The van der Waals surface area contributed by atoms with E-state index in [0.717, 1.165) is 27.9 Å². The molecule has 5 heteroatoms. The summed E-state index contributed by atoms with van der Waals surface area (Å²) in [6, 6.07) is 2.45. The second kappa shape index (κ2) is 6.16. The van der Waals surface area contributed by atoms with Crippen molar-refractivity contribution in [1.82, 2.24) is 10.3 Å². The van der Waals surface area contributed by atoms with Gasteiger partial charge < -0.3 is 10.6 Å². The number of aromatic nitrogens is 1. The number of anilines is 1. The zero-order valence-electron chi connectivity index (χ0n) is 9.84. The summed E-state index contributed by atoms with van der Waals surface area (Å²) in [5.74, 6) is 1.60. The van der Waals surface area contributed by atoms with E-state index in [1.165, 1.54) is 12.8 Å². The Hall–Kier alpha value is -0.130. The molecule has 3 nitrogen and oxygen atoms in total. The van der Waals surface area contributed by atoms with Crippen LogP contribution in [0.15, 0.2) is 21.2 Å². The van der Waals surface area contributed by atoms with E-state index in [1.807, 2.05) is 12.3 Å². The molecule has 1 aromatic rings. The van der Waals surface area contributed by atoms with Gasteiger partial charge in [0.1, 0.15) is 5.82 Å². The minimum atomic E-state index is 0.438. The zero-order chi connectivity index (χ0) is 12.3. The van der Waals surface area contributed by atoms with Gasteiger partial charge in [-0.3, -0.25) is 0 Å². The van der Waals surface area contributed by atoms with Crippen molar-refractivity contribution in [2.24, 2.45) is 5.92 Å². The highest BCUT2D eigenvalue weighted by Gasteiger charge is 2.20. The Labute approximate surface area is 119 Å². The number of nitrogens with zero attached hydrogens (tertiary/aromatic N) is 1. The first-order chi connectivity index (χ1) is 8.16. The van der Waals surface area contributed by atoms with Gasteiger partial charge >= 0.3 is 0 Å². The smallest absolute Gasteiger partial charge is 0.140 e. The van der Waals surface area contributed by atoms with Gasteiger partial charge in [-0.2, -0.15) is 0 Å². The van der Waals surface area contributed by atoms with Crippen molar-refractivity contribution in [3.8, 4) is 0 Å². The average Bonchev–Trinajstić information content (AvgIpc) is 2.34. The number of pyridine rings is 1. The molecule has 0 aromatic carbocycles. The maximum atomic E-state index is 4.39. The lowest BCUT2D eigenvalue weighted by Crippen LogP contribution is -2.39. The van der Waals surface area contributed by atoms with Gasteiger partial charge in [0.25, 0.3) is 0 Å². The minimum absolute atomic E-state index is 0.438. The van der Waals surface area contributed by atoms with Crippen LogP contribution < -0.4 is 10.6 Å². The van der Waals surface area contributed by atoms with E-state index >= 15 is 0 Å². The van der Waals surface area contributed by atoms with Crippen LogP contribution in [0.1, 0.15) is 19.8 Å². The fourth-order valence-electron chi connectivity index (χ4n) is 2.16. The van der Waals surface area contributed by atoms with Crippen LogP contribution in [0.5, 0.6) is 0 Å². The average molecular weight is 363 g/mol. The largest absolute Gasteiger partial charge is 0.366 e. The maximum absolute atomic E-state index is 4.39. The first kappa shape index (κ1) is 13.3. The fraction of sp³-hybridized carbons (Fsp3) is 0.583. The van der Waals surface area contributed by atoms with Gasteiger partial charge in [0.05, 0.1) is 4.47 Å². The lowest BCUT2D eigenvalue weighted by atomic mass is 9.93. The maximum Gasteiger partial charge on any atom is 0.140 e. The van der Waals surface area contributed by atoms with E-state index in [4.69, 9.17) is 0 Å². The third-order valence-electron chi connectivity index (χ3n) is 3.21. The molecule has 17 heavy (non-hydrogen) atoms. The van der Waals surface area contributed by atoms with Gasteiger partial charge in [-0.25, -0.2) is 4.98 Å². The molecule has 2 N–H and O–H groups in total. The molecule has 0 bridgehead atoms. The summed E-state index contributed by atoms with van der Waals surface area (Å²) < 4.78 is 1.99. The van der Waals surface area contributed by atoms with E-state index < -0.39 is 0 Å². The molecule has 1 fully saturated rings. The Kier molecular flexibility index (Phi) is 4.82. The highest BCUT2D eigenvalue weighted by Crippen LogP contribution is 2.26. The normalized spacial score (nSPS) is 22.2. The summed E-state index contributed by atoms with van der Waals surface area (Å²) >= 11 is 6.94. The number of hydrogen-bond acceptors (Lipinski definition) is 3. The second-order valence-electron chi connectivity index (χ2n) is 4.52. The van der Waals surface area contributed by atoms with Crippen molar-refractivity contribution >= 4 is 37.7 Å². The molecule has 2 rings (SSSR count). The van der Waals surface area contributed by atoms with Crippen LogP contribution in [0, 0.1) is 5.92 Å². The SMILES string of the molecule is CC(Nc1ncc(Br)cc1Br)C1CCCNC1. The molecule has 0 amide bonds. The molecule has 1 saturated heterocycles.